The van der Waals surface area contributed by atoms with Crippen molar-refractivity contribution in [1.29, 1.82) is 0 Å². The number of allylic oxidation sites excluding steroid dienone is 12. The normalized spacial score (nSPS) is 13.8. The van der Waals surface area contributed by atoms with Crippen molar-refractivity contribution in [3.05, 3.63) is 72.9 Å². The van der Waals surface area contributed by atoms with Crippen molar-refractivity contribution in [2.45, 2.75) is 277 Å². The van der Waals surface area contributed by atoms with Gasteiger partial charge in [-0.2, -0.15) is 0 Å². The number of phosphoric ester groups is 1. The van der Waals surface area contributed by atoms with Gasteiger partial charge in [0.2, 0.25) is 0 Å². The summed E-state index contributed by atoms with van der Waals surface area (Å²) < 4.78 is 34.1. The first-order valence-electron chi connectivity index (χ1n) is 30.6. The van der Waals surface area contributed by atoms with Crippen LogP contribution in [0.2, 0.25) is 0 Å². The van der Waals surface area contributed by atoms with Crippen molar-refractivity contribution >= 4 is 19.8 Å². The highest BCUT2D eigenvalue weighted by molar-refractivity contribution is 7.45. The average molecular weight is 1060 g/mol. The molecule has 0 aromatic rings. The Labute approximate surface area is 457 Å². The molecule has 0 aromatic heterocycles. The van der Waals surface area contributed by atoms with Gasteiger partial charge in [-0.25, -0.2) is 0 Å². The Morgan fingerprint density at radius 1 is 0.432 bits per heavy atom. The number of rotatable bonds is 56. The number of likely N-dealkylation sites (N-methyl/N-ethyl adjacent to an activating group) is 1. The summed E-state index contributed by atoms with van der Waals surface area (Å²) in [4.78, 5) is 37.8. The first-order chi connectivity index (χ1) is 36.0. The second kappa shape index (κ2) is 55.2. The summed E-state index contributed by atoms with van der Waals surface area (Å²) >= 11 is 0. The van der Waals surface area contributed by atoms with Crippen LogP contribution in [0.4, 0.5) is 0 Å². The van der Waals surface area contributed by atoms with E-state index in [1.165, 1.54) is 148 Å². The molecule has 0 aliphatic rings. The first kappa shape index (κ1) is 71.5. The summed E-state index contributed by atoms with van der Waals surface area (Å²) in [5, 5.41) is 0. The molecule has 2 atom stereocenters. The smallest absolute Gasteiger partial charge is 0.306 e. The number of carbonyl (C=O) groups is 2. The van der Waals surface area contributed by atoms with Crippen LogP contribution in [0.5, 0.6) is 0 Å². The molecule has 0 N–H and O–H groups in total. The number of unbranched alkanes of at least 4 members (excludes halogenated alkanes) is 30. The van der Waals surface area contributed by atoms with Gasteiger partial charge in [-0.15, -0.1) is 0 Å². The Morgan fingerprint density at radius 3 is 1.16 bits per heavy atom. The minimum absolute atomic E-state index is 0.0323. The van der Waals surface area contributed by atoms with E-state index in [0.29, 0.717) is 17.4 Å². The lowest BCUT2D eigenvalue weighted by atomic mass is 10.0. The summed E-state index contributed by atoms with van der Waals surface area (Å²) in [5.41, 5.74) is 0. The molecule has 2 unspecified atom stereocenters. The zero-order valence-corrected chi connectivity index (χ0v) is 49.7. The van der Waals surface area contributed by atoms with Gasteiger partial charge in [0.05, 0.1) is 27.7 Å². The van der Waals surface area contributed by atoms with Gasteiger partial charge in [-0.1, -0.05) is 247 Å². The lowest BCUT2D eigenvalue weighted by molar-refractivity contribution is -0.870. The second-order valence-corrected chi connectivity index (χ2v) is 23.1. The molecule has 0 saturated heterocycles. The fourth-order valence-electron chi connectivity index (χ4n) is 8.50. The van der Waals surface area contributed by atoms with Gasteiger partial charge in [-0.3, -0.25) is 14.2 Å². The standard InChI is InChI=1S/C64H116NO8P/c1-6-8-10-12-14-16-18-20-22-23-24-25-26-27-28-29-30-31-32-33-34-35-36-37-38-39-40-41-43-45-47-49-51-53-55-57-64(67)73-62(61-72-74(68,69)71-59-58-65(3,4)5)60-70-63(66)56-54-52-50-48-46-44-42-21-19-17-15-13-11-9-7-2/h8,10,14,16,20-22,24-25,27-28,42,62H,6-7,9,11-13,15,17-19,23,26,29-41,43-61H2,1-5H3/b10-8-,16-14-,22-20-,25-24-,28-27-,42-21-. The third-order valence-corrected chi connectivity index (χ3v) is 14.2. The van der Waals surface area contributed by atoms with Gasteiger partial charge in [0.25, 0.3) is 7.82 Å². The Morgan fingerprint density at radius 2 is 0.770 bits per heavy atom. The van der Waals surface area contributed by atoms with E-state index in [1.54, 1.807) is 0 Å². The van der Waals surface area contributed by atoms with E-state index in [0.717, 1.165) is 89.9 Å². The fourth-order valence-corrected chi connectivity index (χ4v) is 9.23. The Kier molecular flexibility index (Phi) is 53.3. The summed E-state index contributed by atoms with van der Waals surface area (Å²) in [6, 6.07) is 0. The molecule has 9 nitrogen and oxygen atoms in total. The van der Waals surface area contributed by atoms with Crippen LogP contribution in [0.1, 0.15) is 271 Å². The summed E-state index contributed by atoms with van der Waals surface area (Å²) in [5.74, 6) is -0.835. The van der Waals surface area contributed by atoms with Crippen LogP contribution in [0.15, 0.2) is 72.9 Å². The first-order valence-corrected chi connectivity index (χ1v) is 32.1. The molecule has 0 amide bonds. The molecule has 0 spiro atoms. The van der Waals surface area contributed by atoms with Crippen LogP contribution in [-0.4, -0.2) is 70.0 Å². The lowest BCUT2D eigenvalue weighted by Gasteiger charge is -2.28. The highest BCUT2D eigenvalue weighted by atomic mass is 31.2. The molecule has 430 valence electrons. The molecule has 0 heterocycles. The number of hydrogen-bond donors (Lipinski definition) is 0. The third kappa shape index (κ3) is 58.7. The van der Waals surface area contributed by atoms with Crippen molar-refractivity contribution in [3.8, 4) is 0 Å². The monoisotopic (exact) mass is 1060 g/mol. The molecule has 0 radical (unpaired) electrons. The Bertz CT molecular complexity index is 1480. The van der Waals surface area contributed by atoms with Crippen LogP contribution < -0.4 is 4.89 Å². The SMILES string of the molecule is CC/C=C\C/C=C\C/C=C\C/C=C\C/C=C\CCCCCCCCCCCCCCCCCCCCCC(=O)OC(COC(=O)CCCCCCC/C=C\CCCCCCCC)COP(=O)([O-])OCC[N+](C)(C)C. The molecule has 0 aromatic carbocycles. The fraction of sp³-hybridized carbons (Fsp3) is 0.781. The summed E-state index contributed by atoms with van der Waals surface area (Å²) in [7, 11) is 1.17. The summed E-state index contributed by atoms with van der Waals surface area (Å²) in [6.45, 7) is 4.13. The van der Waals surface area contributed by atoms with Gasteiger partial charge >= 0.3 is 11.9 Å². The highest BCUT2D eigenvalue weighted by Crippen LogP contribution is 2.38. The molecule has 0 fully saturated rings. The average Bonchev–Trinajstić information content (AvgIpc) is 3.36. The van der Waals surface area contributed by atoms with E-state index in [9.17, 15) is 19.0 Å². The van der Waals surface area contributed by atoms with E-state index in [-0.39, 0.29) is 32.0 Å². The number of phosphoric acid groups is 1. The van der Waals surface area contributed by atoms with Gasteiger partial charge in [0.15, 0.2) is 6.10 Å². The summed E-state index contributed by atoms with van der Waals surface area (Å²) in [6.07, 6.45) is 72.5. The highest BCUT2D eigenvalue weighted by Gasteiger charge is 2.22. The maximum Gasteiger partial charge on any atom is 0.306 e. The van der Waals surface area contributed by atoms with Crippen molar-refractivity contribution in [2.24, 2.45) is 0 Å². The van der Waals surface area contributed by atoms with Gasteiger partial charge in [-0.05, 0) is 83.5 Å². The zero-order chi connectivity index (χ0) is 54.2. The number of ether oxygens (including phenoxy) is 2. The van der Waals surface area contributed by atoms with Crippen LogP contribution in [0.3, 0.4) is 0 Å². The van der Waals surface area contributed by atoms with Gasteiger partial charge in [0.1, 0.15) is 19.8 Å². The van der Waals surface area contributed by atoms with E-state index in [2.05, 4.69) is 86.8 Å². The number of quaternary nitrogens is 1. The van der Waals surface area contributed by atoms with Crippen molar-refractivity contribution in [1.82, 2.24) is 0 Å². The van der Waals surface area contributed by atoms with Crippen LogP contribution >= 0.6 is 7.82 Å². The second-order valence-electron chi connectivity index (χ2n) is 21.7. The third-order valence-electron chi connectivity index (χ3n) is 13.2. The van der Waals surface area contributed by atoms with Gasteiger partial charge in [0, 0.05) is 12.8 Å². The van der Waals surface area contributed by atoms with E-state index in [1.807, 2.05) is 21.1 Å². The Hall–Kier alpha value is -2.55. The predicted octanol–water partition coefficient (Wildman–Crippen LogP) is 18.6. The largest absolute Gasteiger partial charge is 0.756 e. The van der Waals surface area contributed by atoms with Crippen LogP contribution in [0.25, 0.3) is 0 Å². The topological polar surface area (TPSA) is 111 Å². The molecule has 0 saturated carbocycles. The van der Waals surface area contributed by atoms with E-state index < -0.39 is 26.5 Å². The predicted molar refractivity (Wildman–Crippen MR) is 314 cm³/mol. The van der Waals surface area contributed by atoms with Crippen LogP contribution in [-0.2, 0) is 32.7 Å². The molecular weight excluding hydrogens is 942 g/mol. The minimum Gasteiger partial charge on any atom is -0.756 e. The number of carbonyl (C=O) groups excluding carboxylic acids is 2. The number of hydrogen-bond acceptors (Lipinski definition) is 8. The van der Waals surface area contributed by atoms with Crippen molar-refractivity contribution in [3.63, 3.8) is 0 Å². The molecule has 0 aliphatic carbocycles. The van der Waals surface area contributed by atoms with Crippen LogP contribution in [0, 0.1) is 0 Å². The quantitative estimate of drug-likeness (QED) is 0.0195. The van der Waals surface area contributed by atoms with Crippen molar-refractivity contribution in [2.75, 3.05) is 47.5 Å². The maximum absolute atomic E-state index is 12.8. The maximum atomic E-state index is 12.8. The zero-order valence-electron chi connectivity index (χ0n) is 48.8. The molecule has 0 bridgehead atoms. The number of nitrogens with zero attached hydrogens (tertiary/aromatic N) is 1. The minimum atomic E-state index is -4.64. The molecule has 0 rings (SSSR count). The van der Waals surface area contributed by atoms with E-state index in [4.69, 9.17) is 18.5 Å². The Balaban J connectivity index is 4.01. The molecule has 0 aliphatic heterocycles. The van der Waals surface area contributed by atoms with Gasteiger partial charge < -0.3 is 27.9 Å². The molecule has 74 heavy (non-hydrogen) atoms. The van der Waals surface area contributed by atoms with Crippen molar-refractivity contribution < 1.29 is 42.1 Å². The molecular formula is C64H116NO8P. The van der Waals surface area contributed by atoms with E-state index >= 15 is 0 Å². The number of esters is 2. The molecule has 10 heteroatoms. The lowest BCUT2D eigenvalue weighted by Crippen LogP contribution is -2.37.